The van der Waals surface area contributed by atoms with Crippen LogP contribution in [0, 0.1) is 0 Å². The van der Waals surface area contributed by atoms with Gasteiger partial charge in [-0.05, 0) is 43.2 Å². The van der Waals surface area contributed by atoms with Crippen LogP contribution in [0.3, 0.4) is 0 Å². The zero-order valence-corrected chi connectivity index (χ0v) is 14.1. The number of anilines is 3. The molecule has 130 valence electrons. The van der Waals surface area contributed by atoms with Crippen molar-refractivity contribution in [2.45, 2.75) is 19.3 Å². The molecule has 0 atom stereocenters. The van der Waals surface area contributed by atoms with Crippen LogP contribution in [0.1, 0.15) is 19.3 Å². The van der Waals surface area contributed by atoms with Gasteiger partial charge >= 0.3 is 6.03 Å². The Bertz CT molecular complexity index is 776. The number of para-hydroxylation sites is 2. The van der Waals surface area contributed by atoms with E-state index < -0.39 is 0 Å². The predicted octanol–water partition coefficient (Wildman–Crippen LogP) is 3.86. The van der Waals surface area contributed by atoms with Crippen LogP contribution >= 0.6 is 0 Å². The molecule has 0 saturated carbocycles. The summed E-state index contributed by atoms with van der Waals surface area (Å²) in [6.45, 7) is 0.718. The molecule has 0 aliphatic carbocycles. The van der Waals surface area contributed by atoms with Crippen LogP contribution in [0.5, 0.6) is 5.75 Å². The summed E-state index contributed by atoms with van der Waals surface area (Å²) in [4.78, 5) is 26.1. The summed E-state index contributed by atoms with van der Waals surface area (Å²) in [6, 6.07) is 14.1. The minimum absolute atomic E-state index is 0.127. The number of amides is 3. The maximum atomic E-state index is 12.2. The molecule has 2 aromatic carbocycles. The first-order valence-corrected chi connectivity index (χ1v) is 8.29. The lowest BCUT2D eigenvalue weighted by atomic mass is 10.1. The summed E-state index contributed by atoms with van der Waals surface area (Å²) in [6.07, 6.45) is 2.51. The molecular weight excluding hydrogens is 318 g/mol. The first-order valence-electron chi connectivity index (χ1n) is 8.29. The predicted molar refractivity (Wildman–Crippen MR) is 98.3 cm³/mol. The van der Waals surface area contributed by atoms with E-state index in [9.17, 15) is 9.59 Å². The van der Waals surface area contributed by atoms with E-state index in [4.69, 9.17) is 4.74 Å². The van der Waals surface area contributed by atoms with Gasteiger partial charge in [-0.1, -0.05) is 18.2 Å². The highest BCUT2D eigenvalue weighted by molar-refractivity contribution is 6.01. The zero-order chi connectivity index (χ0) is 17.6. The van der Waals surface area contributed by atoms with Gasteiger partial charge in [-0.15, -0.1) is 0 Å². The van der Waals surface area contributed by atoms with E-state index >= 15 is 0 Å². The molecule has 1 heterocycles. The lowest BCUT2D eigenvalue weighted by molar-refractivity contribution is -0.119. The Morgan fingerprint density at radius 1 is 1.08 bits per heavy atom. The van der Waals surface area contributed by atoms with Crippen LogP contribution in [0.4, 0.5) is 21.9 Å². The van der Waals surface area contributed by atoms with E-state index in [0.717, 1.165) is 25.1 Å². The van der Waals surface area contributed by atoms with E-state index in [-0.39, 0.29) is 11.9 Å². The third-order valence-corrected chi connectivity index (χ3v) is 4.09. The number of rotatable bonds is 4. The van der Waals surface area contributed by atoms with E-state index in [2.05, 4.69) is 10.6 Å². The van der Waals surface area contributed by atoms with Gasteiger partial charge in [-0.3, -0.25) is 4.79 Å². The first kappa shape index (κ1) is 16.8. The fourth-order valence-corrected chi connectivity index (χ4v) is 2.86. The van der Waals surface area contributed by atoms with Crippen molar-refractivity contribution in [3.8, 4) is 5.75 Å². The quantitative estimate of drug-likeness (QED) is 0.889. The molecule has 2 aromatic rings. The molecule has 1 fully saturated rings. The largest absolute Gasteiger partial charge is 0.495 e. The Labute approximate surface area is 146 Å². The van der Waals surface area contributed by atoms with Gasteiger partial charge in [0.25, 0.3) is 0 Å². The minimum atomic E-state index is -0.369. The number of ether oxygens (including phenoxy) is 1. The molecule has 0 bridgehead atoms. The normalized spacial score (nSPS) is 14.1. The van der Waals surface area contributed by atoms with Crippen LogP contribution in [0.15, 0.2) is 48.5 Å². The molecule has 3 rings (SSSR count). The number of piperidine rings is 1. The van der Waals surface area contributed by atoms with Crippen molar-refractivity contribution in [3.05, 3.63) is 48.5 Å². The highest BCUT2D eigenvalue weighted by Crippen LogP contribution is 2.25. The van der Waals surface area contributed by atoms with Gasteiger partial charge in [-0.2, -0.15) is 0 Å². The highest BCUT2D eigenvalue weighted by atomic mass is 16.5. The van der Waals surface area contributed by atoms with Gasteiger partial charge in [0.05, 0.1) is 12.8 Å². The van der Waals surface area contributed by atoms with Crippen LogP contribution < -0.4 is 20.3 Å². The number of nitrogens with zero attached hydrogens (tertiary/aromatic N) is 1. The average Bonchev–Trinajstić information content (AvgIpc) is 2.62. The van der Waals surface area contributed by atoms with E-state index in [0.29, 0.717) is 23.5 Å². The van der Waals surface area contributed by atoms with Crippen LogP contribution in [-0.4, -0.2) is 25.6 Å². The number of nitrogens with one attached hydrogen (secondary N) is 2. The van der Waals surface area contributed by atoms with Gasteiger partial charge in [0.2, 0.25) is 5.91 Å². The van der Waals surface area contributed by atoms with Gasteiger partial charge in [-0.25, -0.2) is 4.79 Å². The molecule has 2 N–H and O–H groups in total. The minimum Gasteiger partial charge on any atom is -0.495 e. The van der Waals surface area contributed by atoms with Crippen molar-refractivity contribution in [1.29, 1.82) is 0 Å². The van der Waals surface area contributed by atoms with Crippen molar-refractivity contribution in [3.63, 3.8) is 0 Å². The molecule has 25 heavy (non-hydrogen) atoms. The summed E-state index contributed by atoms with van der Waals surface area (Å²) in [7, 11) is 1.55. The molecule has 0 radical (unpaired) electrons. The Morgan fingerprint density at radius 2 is 1.92 bits per heavy atom. The lowest BCUT2D eigenvalue weighted by Gasteiger charge is -2.27. The van der Waals surface area contributed by atoms with Crippen molar-refractivity contribution < 1.29 is 14.3 Å². The molecule has 0 spiro atoms. The number of urea groups is 1. The van der Waals surface area contributed by atoms with Gasteiger partial charge in [0.15, 0.2) is 0 Å². The number of carbonyl (C=O) groups excluding carboxylic acids is 2. The molecule has 1 aliphatic heterocycles. The monoisotopic (exact) mass is 339 g/mol. The fourth-order valence-electron chi connectivity index (χ4n) is 2.86. The second kappa shape index (κ2) is 7.70. The molecule has 3 amide bonds. The molecule has 1 saturated heterocycles. The van der Waals surface area contributed by atoms with E-state index in [1.165, 1.54) is 0 Å². The second-order valence-corrected chi connectivity index (χ2v) is 5.83. The Morgan fingerprint density at radius 3 is 2.72 bits per heavy atom. The fraction of sp³-hybridized carbons (Fsp3) is 0.263. The zero-order valence-electron chi connectivity index (χ0n) is 14.1. The number of methoxy groups -OCH3 is 1. The van der Waals surface area contributed by atoms with Crippen molar-refractivity contribution in [2.75, 3.05) is 29.2 Å². The molecule has 6 nitrogen and oxygen atoms in total. The van der Waals surface area contributed by atoms with Gasteiger partial charge in [0, 0.05) is 24.3 Å². The summed E-state index contributed by atoms with van der Waals surface area (Å²) in [5, 5.41) is 5.55. The summed E-state index contributed by atoms with van der Waals surface area (Å²) >= 11 is 0. The van der Waals surface area contributed by atoms with Crippen LogP contribution in [0.25, 0.3) is 0 Å². The number of hydrogen-bond acceptors (Lipinski definition) is 3. The first-order chi connectivity index (χ1) is 12.2. The maximum Gasteiger partial charge on any atom is 0.323 e. The third-order valence-electron chi connectivity index (χ3n) is 4.09. The SMILES string of the molecule is COc1ccccc1NC(=O)Nc1cccc(N2CCCCC2=O)c1. The lowest BCUT2D eigenvalue weighted by Crippen LogP contribution is -2.35. The Hall–Kier alpha value is -3.02. The number of carbonyl (C=O) groups is 2. The van der Waals surface area contributed by atoms with Gasteiger partial charge < -0.3 is 20.3 Å². The number of benzene rings is 2. The van der Waals surface area contributed by atoms with Crippen LogP contribution in [-0.2, 0) is 4.79 Å². The van der Waals surface area contributed by atoms with Crippen molar-refractivity contribution >= 4 is 29.0 Å². The molecule has 6 heteroatoms. The van der Waals surface area contributed by atoms with Crippen molar-refractivity contribution in [2.24, 2.45) is 0 Å². The number of hydrogen-bond donors (Lipinski definition) is 2. The molecule has 0 aromatic heterocycles. The van der Waals surface area contributed by atoms with Crippen LogP contribution in [0.2, 0.25) is 0 Å². The Kier molecular flexibility index (Phi) is 5.18. The highest BCUT2D eigenvalue weighted by Gasteiger charge is 2.19. The Balaban J connectivity index is 1.69. The average molecular weight is 339 g/mol. The van der Waals surface area contributed by atoms with E-state index in [1.807, 2.05) is 30.3 Å². The smallest absolute Gasteiger partial charge is 0.323 e. The summed E-state index contributed by atoms with van der Waals surface area (Å²) < 4.78 is 5.22. The van der Waals surface area contributed by atoms with Gasteiger partial charge in [0.1, 0.15) is 5.75 Å². The maximum absolute atomic E-state index is 12.2. The standard InChI is InChI=1S/C19H21N3O3/c1-25-17-10-3-2-9-16(17)21-19(24)20-14-7-6-8-15(13-14)22-12-5-4-11-18(22)23/h2-3,6-10,13H,4-5,11-12H2,1H3,(H2,20,21,24). The third kappa shape index (κ3) is 4.09. The molecule has 0 unspecified atom stereocenters. The van der Waals surface area contributed by atoms with E-state index in [1.54, 1.807) is 30.2 Å². The topological polar surface area (TPSA) is 70.7 Å². The molecular formula is C19H21N3O3. The summed E-state index contributed by atoms with van der Waals surface area (Å²) in [5.41, 5.74) is 2.02. The second-order valence-electron chi connectivity index (χ2n) is 5.83. The van der Waals surface area contributed by atoms with Crippen molar-refractivity contribution in [1.82, 2.24) is 0 Å². The molecule has 1 aliphatic rings. The summed E-state index contributed by atoms with van der Waals surface area (Å²) in [5.74, 6) is 0.715.